The fourth-order valence-corrected chi connectivity index (χ4v) is 2.20. The topological polar surface area (TPSA) is 61.0 Å². The van der Waals surface area contributed by atoms with E-state index in [4.69, 9.17) is 10.5 Å². The molecular weight excluding hydrogens is 250 g/mol. The van der Waals surface area contributed by atoms with Crippen LogP contribution < -0.4 is 10.5 Å². The lowest BCUT2D eigenvalue weighted by Crippen LogP contribution is -2.15. The van der Waals surface area contributed by atoms with Crippen LogP contribution in [0.15, 0.2) is 30.3 Å². The van der Waals surface area contributed by atoms with Gasteiger partial charge in [-0.2, -0.15) is 10.2 Å². The number of nitrogens with two attached hydrogens (primary N) is 1. The van der Waals surface area contributed by atoms with Crippen molar-refractivity contribution in [2.75, 3.05) is 0 Å². The summed E-state index contributed by atoms with van der Waals surface area (Å²) in [5, 5.41) is 8.18. The molecule has 1 fully saturated rings. The van der Waals surface area contributed by atoms with Crippen molar-refractivity contribution in [2.45, 2.75) is 38.8 Å². The largest absolute Gasteiger partial charge is 0.490 e. The van der Waals surface area contributed by atoms with Gasteiger partial charge in [0.2, 0.25) is 0 Å². The second kappa shape index (κ2) is 5.21. The Morgan fingerprint density at radius 1 is 1.15 bits per heavy atom. The molecule has 0 radical (unpaired) electrons. The molecule has 20 heavy (non-hydrogen) atoms. The molecule has 4 nitrogen and oxygen atoms in total. The Hall–Kier alpha value is -1.94. The van der Waals surface area contributed by atoms with E-state index in [9.17, 15) is 0 Å². The maximum Gasteiger partial charge on any atom is 0.119 e. The van der Waals surface area contributed by atoms with Gasteiger partial charge in [-0.1, -0.05) is 12.1 Å². The van der Waals surface area contributed by atoms with Crippen molar-refractivity contribution in [3.05, 3.63) is 52.8 Å². The fourth-order valence-electron chi connectivity index (χ4n) is 2.20. The summed E-state index contributed by atoms with van der Waals surface area (Å²) in [6.07, 6.45) is 2.76. The van der Waals surface area contributed by atoms with Crippen LogP contribution in [0.4, 0.5) is 0 Å². The van der Waals surface area contributed by atoms with Crippen molar-refractivity contribution in [1.82, 2.24) is 10.2 Å². The minimum Gasteiger partial charge on any atom is -0.490 e. The molecule has 1 atom stereocenters. The third-order valence-corrected chi connectivity index (χ3v) is 3.54. The van der Waals surface area contributed by atoms with E-state index in [1.165, 1.54) is 12.8 Å². The molecule has 2 N–H and O–H groups in total. The van der Waals surface area contributed by atoms with E-state index in [0.29, 0.717) is 6.10 Å². The Morgan fingerprint density at radius 3 is 2.50 bits per heavy atom. The van der Waals surface area contributed by atoms with Crippen LogP contribution in [0.25, 0.3) is 0 Å². The molecule has 1 aromatic heterocycles. The number of benzene rings is 1. The zero-order chi connectivity index (χ0) is 14.1. The lowest BCUT2D eigenvalue weighted by molar-refractivity contribution is 0.303. The van der Waals surface area contributed by atoms with Gasteiger partial charge in [-0.25, -0.2) is 0 Å². The molecule has 3 rings (SSSR count). The SMILES string of the molecule is Cc1cc(C(N)c2ccc(OC3CC3)cc2)c(C)nn1. The Morgan fingerprint density at radius 2 is 1.85 bits per heavy atom. The number of aromatic nitrogens is 2. The maximum absolute atomic E-state index is 6.34. The third-order valence-electron chi connectivity index (χ3n) is 3.54. The van der Waals surface area contributed by atoms with Crippen LogP contribution in [0.1, 0.15) is 41.4 Å². The lowest BCUT2D eigenvalue weighted by Gasteiger charge is -2.15. The number of hydrogen-bond acceptors (Lipinski definition) is 4. The fraction of sp³-hybridized carbons (Fsp3) is 0.375. The summed E-state index contributed by atoms with van der Waals surface area (Å²) in [5.41, 5.74) is 10.2. The van der Waals surface area contributed by atoms with Crippen molar-refractivity contribution in [3.8, 4) is 5.75 Å². The van der Waals surface area contributed by atoms with Gasteiger partial charge in [0.25, 0.3) is 0 Å². The Balaban J connectivity index is 1.81. The monoisotopic (exact) mass is 269 g/mol. The number of nitrogens with zero attached hydrogens (tertiary/aromatic N) is 2. The van der Waals surface area contributed by atoms with Gasteiger partial charge in [0.1, 0.15) is 5.75 Å². The summed E-state index contributed by atoms with van der Waals surface area (Å²) in [7, 11) is 0. The van der Waals surface area contributed by atoms with Gasteiger partial charge in [0, 0.05) is 0 Å². The molecule has 1 heterocycles. The van der Waals surface area contributed by atoms with Gasteiger partial charge in [0.05, 0.1) is 23.5 Å². The van der Waals surface area contributed by atoms with E-state index < -0.39 is 0 Å². The standard InChI is InChI=1S/C16H19N3O/c1-10-9-15(11(2)19-18-10)16(17)12-3-5-13(6-4-12)20-14-7-8-14/h3-6,9,14,16H,7-8,17H2,1-2H3. The van der Waals surface area contributed by atoms with Crippen molar-refractivity contribution in [2.24, 2.45) is 5.73 Å². The number of aryl methyl sites for hydroxylation is 2. The lowest BCUT2D eigenvalue weighted by atomic mass is 9.98. The summed E-state index contributed by atoms with van der Waals surface area (Å²) < 4.78 is 5.75. The minimum atomic E-state index is -0.181. The minimum absolute atomic E-state index is 0.181. The highest BCUT2D eigenvalue weighted by atomic mass is 16.5. The zero-order valence-corrected chi connectivity index (χ0v) is 11.8. The van der Waals surface area contributed by atoms with Crippen LogP contribution in [-0.4, -0.2) is 16.3 Å². The van der Waals surface area contributed by atoms with E-state index in [0.717, 1.165) is 28.3 Å². The number of rotatable bonds is 4. The first-order valence-electron chi connectivity index (χ1n) is 6.96. The van der Waals surface area contributed by atoms with Gasteiger partial charge in [-0.3, -0.25) is 0 Å². The molecule has 1 saturated carbocycles. The molecule has 0 spiro atoms. The molecular formula is C16H19N3O. The Kier molecular flexibility index (Phi) is 3.40. The predicted octanol–water partition coefficient (Wildman–Crippen LogP) is 2.68. The van der Waals surface area contributed by atoms with Crippen molar-refractivity contribution in [1.29, 1.82) is 0 Å². The highest BCUT2D eigenvalue weighted by Gasteiger charge is 2.23. The van der Waals surface area contributed by atoms with Crippen LogP contribution >= 0.6 is 0 Å². The first-order valence-corrected chi connectivity index (χ1v) is 6.96. The zero-order valence-electron chi connectivity index (χ0n) is 11.8. The summed E-state index contributed by atoms with van der Waals surface area (Å²) in [6.45, 7) is 3.86. The molecule has 104 valence electrons. The predicted molar refractivity (Wildman–Crippen MR) is 77.6 cm³/mol. The van der Waals surface area contributed by atoms with Crippen LogP contribution in [0, 0.1) is 13.8 Å². The van der Waals surface area contributed by atoms with E-state index >= 15 is 0 Å². The molecule has 1 unspecified atom stereocenters. The summed E-state index contributed by atoms with van der Waals surface area (Å²) in [5.74, 6) is 0.921. The normalized spacial score (nSPS) is 15.9. The second-order valence-electron chi connectivity index (χ2n) is 5.39. The van der Waals surface area contributed by atoms with Gasteiger partial charge in [0.15, 0.2) is 0 Å². The second-order valence-corrected chi connectivity index (χ2v) is 5.39. The molecule has 4 heteroatoms. The average Bonchev–Trinajstić information content (AvgIpc) is 3.26. The van der Waals surface area contributed by atoms with Crippen LogP contribution in [0.2, 0.25) is 0 Å². The molecule has 1 aliphatic carbocycles. The molecule has 1 aliphatic rings. The molecule has 2 aromatic rings. The van der Waals surface area contributed by atoms with E-state index in [-0.39, 0.29) is 6.04 Å². The van der Waals surface area contributed by atoms with Crippen molar-refractivity contribution >= 4 is 0 Å². The van der Waals surface area contributed by atoms with E-state index in [1.807, 2.05) is 44.2 Å². The van der Waals surface area contributed by atoms with Gasteiger partial charge in [-0.05, 0) is 56.0 Å². The molecule has 0 bridgehead atoms. The van der Waals surface area contributed by atoms with Gasteiger partial charge < -0.3 is 10.5 Å². The molecule has 0 saturated heterocycles. The summed E-state index contributed by atoms with van der Waals surface area (Å²) >= 11 is 0. The van der Waals surface area contributed by atoms with Crippen molar-refractivity contribution < 1.29 is 4.74 Å². The van der Waals surface area contributed by atoms with Gasteiger partial charge >= 0.3 is 0 Å². The first kappa shape index (κ1) is 13.1. The Labute approximate surface area is 119 Å². The summed E-state index contributed by atoms with van der Waals surface area (Å²) in [4.78, 5) is 0. The van der Waals surface area contributed by atoms with Gasteiger partial charge in [-0.15, -0.1) is 0 Å². The number of hydrogen-bond donors (Lipinski definition) is 1. The first-order chi connectivity index (χ1) is 9.63. The highest BCUT2D eigenvalue weighted by Crippen LogP contribution is 2.28. The van der Waals surface area contributed by atoms with Crippen LogP contribution in [0.5, 0.6) is 5.75 Å². The molecule has 0 amide bonds. The molecule has 0 aliphatic heterocycles. The third kappa shape index (κ3) is 2.80. The number of ether oxygens (including phenoxy) is 1. The van der Waals surface area contributed by atoms with E-state index in [2.05, 4.69) is 10.2 Å². The van der Waals surface area contributed by atoms with Crippen molar-refractivity contribution in [3.63, 3.8) is 0 Å². The average molecular weight is 269 g/mol. The van der Waals surface area contributed by atoms with Crippen LogP contribution in [0.3, 0.4) is 0 Å². The highest BCUT2D eigenvalue weighted by molar-refractivity contribution is 5.36. The summed E-state index contributed by atoms with van der Waals surface area (Å²) in [6, 6.07) is 9.85. The maximum atomic E-state index is 6.34. The Bertz CT molecular complexity index is 606. The smallest absolute Gasteiger partial charge is 0.119 e. The van der Waals surface area contributed by atoms with Crippen LogP contribution in [-0.2, 0) is 0 Å². The quantitative estimate of drug-likeness (QED) is 0.927. The molecule has 1 aromatic carbocycles. The van der Waals surface area contributed by atoms with E-state index in [1.54, 1.807) is 0 Å².